The van der Waals surface area contributed by atoms with Crippen LogP contribution in [0.3, 0.4) is 0 Å². The molecule has 4 nitrogen and oxygen atoms in total. The first-order valence-corrected chi connectivity index (χ1v) is 6.94. The van der Waals surface area contributed by atoms with Gasteiger partial charge >= 0.3 is 0 Å². The van der Waals surface area contributed by atoms with E-state index in [0.717, 1.165) is 30.0 Å². The molecule has 0 saturated carbocycles. The Labute approximate surface area is 111 Å². The van der Waals surface area contributed by atoms with Crippen LogP contribution in [0.5, 0.6) is 0 Å². The number of nitrogens with zero attached hydrogens (tertiary/aromatic N) is 3. The second-order valence-electron chi connectivity index (χ2n) is 4.19. The lowest BCUT2D eigenvalue weighted by atomic mass is 10.3. The molecule has 18 heavy (non-hydrogen) atoms. The van der Waals surface area contributed by atoms with E-state index in [9.17, 15) is 4.79 Å². The lowest BCUT2D eigenvalue weighted by Crippen LogP contribution is -2.25. The molecular weight excluding hydrogens is 246 g/mol. The maximum atomic E-state index is 11.8. The van der Waals surface area contributed by atoms with Crippen molar-refractivity contribution in [3.8, 4) is 0 Å². The molecule has 0 aliphatic rings. The van der Waals surface area contributed by atoms with Crippen molar-refractivity contribution in [2.24, 2.45) is 0 Å². The van der Waals surface area contributed by atoms with Crippen molar-refractivity contribution >= 4 is 28.3 Å². The highest BCUT2D eigenvalue weighted by atomic mass is 32.1. The summed E-state index contributed by atoms with van der Waals surface area (Å²) in [5, 5.41) is 1.98. The molecule has 0 atom stereocenters. The van der Waals surface area contributed by atoms with Gasteiger partial charge in [0.05, 0.1) is 11.9 Å². The number of rotatable bonds is 5. The minimum atomic E-state index is 0.0358. The molecule has 2 aromatic heterocycles. The van der Waals surface area contributed by atoms with E-state index >= 15 is 0 Å². The summed E-state index contributed by atoms with van der Waals surface area (Å²) in [7, 11) is 1.83. The van der Waals surface area contributed by atoms with Crippen LogP contribution in [0.2, 0.25) is 0 Å². The zero-order valence-electron chi connectivity index (χ0n) is 10.7. The molecule has 1 amide bonds. The number of carbonyl (C=O) groups excluding carboxylic acids is 1. The Morgan fingerprint density at radius 1 is 1.61 bits per heavy atom. The number of fused-ring (bicyclic) bond motifs is 1. The maximum Gasteiger partial charge on any atom is 0.246 e. The second-order valence-corrected chi connectivity index (χ2v) is 5.06. The van der Waals surface area contributed by atoms with Gasteiger partial charge in [0.1, 0.15) is 0 Å². The highest BCUT2D eigenvalue weighted by Crippen LogP contribution is 2.13. The second kappa shape index (κ2) is 5.82. The molecule has 0 aromatic carbocycles. The van der Waals surface area contributed by atoms with Crippen LogP contribution in [0.1, 0.15) is 25.5 Å². The average molecular weight is 263 g/mol. The fourth-order valence-corrected chi connectivity index (χ4v) is 2.36. The van der Waals surface area contributed by atoms with Gasteiger partial charge in [0.25, 0.3) is 0 Å². The quantitative estimate of drug-likeness (QED) is 0.778. The van der Waals surface area contributed by atoms with Gasteiger partial charge in [-0.1, -0.05) is 13.3 Å². The van der Waals surface area contributed by atoms with Crippen LogP contribution >= 0.6 is 11.3 Å². The number of amides is 1. The van der Waals surface area contributed by atoms with Crippen molar-refractivity contribution in [3.05, 3.63) is 29.5 Å². The number of likely N-dealkylation sites (N-methyl/N-ethyl adjacent to an activating group) is 1. The average Bonchev–Trinajstić information content (AvgIpc) is 2.96. The molecule has 0 bridgehead atoms. The zero-order valence-corrected chi connectivity index (χ0v) is 11.5. The smallest absolute Gasteiger partial charge is 0.246 e. The van der Waals surface area contributed by atoms with Gasteiger partial charge in [0.15, 0.2) is 4.96 Å². The Morgan fingerprint density at radius 3 is 3.22 bits per heavy atom. The van der Waals surface area contributed by atoms with Gasteiger partial charge in [0.2, 0.25) is 5.91 Å². The van der Waals surface area contributed by atoms with E-state index in [0.29, 0.717) is 0 Å². The Morgan fingerprint density at radius 2 is 2.44 bits per heavy atom. The van der Waals surface area contributed by atoms with E-state index in [4.69, 9.17) is 0 Å². The van der Waals surface area contributed by atoms with Crippen molar-refractivity contribution in [2.75, 3.05) is 13.6 Å². The monoisotopic (exact) mass is 263 g/mol. The van der Waals surface area contributed by atoms with Gasteiger partial charge in [-0.25, -0.2) is 4.98 Å². The highest BCUT2D eigenvalue weighted by Gasteiger charge is 2.05. The summed E-state index contributed by atoms with van der Waals surface area (Å²) in [6.45, 7) is 2.92. The molecule has 2 aromatic rings. The van der Waals surface area contributed by atoms with E-state index in [1.165, 1.54) is 0 Å². The first kappa shape index (κ1) is 12.8. The lowest BCUT2D eigenvalue weighted by Gasteiger charge is -2.13. The highest BCUT2D eigenvalue weighted by molar-refractivity contribution is 7.15. The molecule has 0 radical (unpaired) electrons. The van der Waals surface area contributed by atoms with Gasteiger partial charge in [-0.15, -0.1) is 11.3 Å². The van der Waals surface area contributed by atoms with E-state index in [1.807, 2.05) is 29.1 Å². The molecule has 2 heterocycles. The largest absolute Gasteiger partial charge is 0.342 e. The molecule has 0 aliphatic carbocycles. The van der Waals surface area contributed by atoms with Gasteiger partial charge in [-0.2, -0.15) is 0 Å². The summed E-state index contributed by atoms with van der Waals surface area (Å²) in [6.07, 6.45) is 9.30. The first-order valence-electron chi connectivity index (χ1n) is 6.06. The predicted molar refractivity (Wildman–Crippen MR) is 74.6 cm³/mol. The van der Waals surface area contributed by atoms with E-state index in [1.54, 1.807) is 28.5 Å². The number of aromatic nitrogens is 2. The van der Waals surface area contributed by atoms with Gasteiger partial charge in [-0.3, -0.25) is 9.20 Å². The summed E-state index contributed by atoms with van der Waals surface area (Å²) in [5.74, 6) is 0.0358. The standard InChI is InChI=1S/C13H17N3OS/c1-3-4-7-15(2)12(17)6-5-11-10-14-13-16(11)8-9-18-13/h5-6,8-10H,3-4,7H2,1-2H3/b6-5+. The predicted octanol–water partition coefficient (Wildman–Crippen LogP) is 2.67. The Kier molecular flexibility index (Phi) is 4.15. The summed E-state index contributed by atoms with van der Waals surface area (Å²) in [6, 6.07) is 0. The third-order valence-electron chi connectivity index (χ3n) is 2.79. The van der Waals surface area contributed by atoms with E-state index < -0.39 is 0 Å². The summed E-state index contributed by atoms with van der Waals surface area (Å²) in [4.78, 5) is 18.8. The van der Waals surface area contributed by atoms with Crippen molar-refractivity contribution in [1.29, 1.82) is 0 Å². The summed E-state index contributed by atoms with van der Waals surface area (Å²) in [5.41, 5.74) is 0.934. The number of carbonyl (C=O) groups is 1. The fraction of sp³-hybridized carbons (Fsp3) is 0.385. The first-order chi connectivity index (χ1) is 8.72. The van der Waals surface area contributed by atoms with Gasteiger partial charge in [-0.05, 0) is 12.5 Å². The van der Waals surface area contributed by atoms with Crippen LogP contribution in [0, 0.1) is 0 Å². The van der Waals surface area contributed by atoms with Crippen LogP contribution in [-0.4, -0.2) is 33.8 Å². The van der Waals surface area contributed by atoms with E-state index in [2.05, 4.69) is 11.9 Å². The number of hydrogen-bond acceptors (Lipinski definition) is 3. The van der Waals surface area contributed by atoms with Crippen LogP contribution in [0.25, 0.3) is 11.0 Å². The topological polar surface area (TPSA) is 37.6 Å². The van der Waals surface area contributed by atoms with Crippen LogP contribution in [-0.2, 0) is 4.79 Å². The third kappa shape index (κ3) is 2.79. The van der Waals surface area contributed by atoms with Crippen molar-refractivity contribution in [1.82, 2.24) is 14.3 Å². The normalized spacial score (nSPS) is 11.4. The van der Waals surface area contributed by atoms with Crippen molar-refractivity contribution < 1.29 is 4.79 Å². The van der Waals surface area contributed by atoms with Gasteiger partial charge in [0, 0.05) is 31.2 Å². The molecule has 0 fully saturated rings. The number of unbranched alkanes of at least 4 members (excludes halogenated alkanes) is 1. The molecule has 96 valence electrons. The summed E-state index contributed by atoms with van der Waals surface area (Å²) < 4.78 is 1.97. The van der Waals surface area contributed by atoms with Crippen LogP contribution in [0.4, 0.5) is 0 Å². The van der Waals surface area contributed by atoms with Crippen LogP contribution < -0.4 is 0 Å². The molecule has 0 aliphatic heterocycles. The Bertz CT molecular complexity index is 555. The molecule has 2 rings (SSSR count). The zero-order chi connectivity index (χ0) is 13.0. The minimum Gasteiger partial charge on any atom is -0.342 e. The molecule has 0 spiro atoms. The number of imidazole rings is 1. The number of thiazole rings is 1. The third-order valence-corrected chi connectivity index (χ3v) is 3.57. The SMILES string of the molecule is CCCCN(C)C(=O)/C=C/c1cnc2sccn12. The minimum absolute atomic E-state index is 0.0358. The molecular formula is C13H17N3OS. The number of hydrogen-bond donors (Lipinski definition) is 0. The molecule has 5 heteroatoms. The summed E-state index contributed by atoms with van der Waals surface area (Å²) >= 11 is 1.58. The molecule has 0 saturated heterocycles. The molecule has 0 N–H and O–H groups in total. The van der Waals surface area contributed by atoms with Gasteiger partial charge < -0.3 is 4.90 Å². The van der Waals surface area contributed by atoms with Crippen molar-refractivity contribution in [2.45, 2.75) is 19.8 Å². The Hall–Kier alpha value is -1.62. The van der Waals surface area contributed by atoms with Crippen LogP contribution in [0.15, 0.2) is 23.8 Å². The Balaban J connectivity index is 2.02. The fourth-order valence-electron chi connectivity index (χ4n) is 1.66. The molecule has 0 unspecified atom stereocenters. The van der Waals surface area contributed by atoms with E-state index in [-0.39, 0.29) is 5.91 Å². The maximum absolute atomic E-state index is 11.8. The lowest BCUT2D eigenvalue weighted by molar-refractivity contribution is -0.124. The van der Waals surface area contributed by atoms with Crippen molar-refractivity contribution in [3.63, 3.8) is 0 Å².